The van der Waals surface area contributed by atoms with Crippen molar-refractivity contribution >= 4 is 0 Å². The number of rotatable bonds is 6. The van der Waals surface area contributed by atoms with Crippen LogP contribution in [0.1, 0.15) is 37.8 Å². The van der Waals surface area contributed by atoms with E-state index in [0.29, 0.717) is 6.04 Å². The summed E-state index contributed by atoms with van der Waals surface area (Å²) in [6.45, 7) is 6.48. The summed E-state index contributed by atoms with van der Waals surface area (Å²) in [5.41, 5.74) is 1.30. The van der Waals surface area contributed by atoms with Crippen molar-refractivity contribution in [2.24, 2.45) is 0 Å². The molecule has 1 aromatic rings. The first-order chi connectivity index (χ1) is 9.29. The van der Waals surface area contributed by atoms with Gasteiger partial charge in [0.15, 0.2) is 0 Å². The molecule has 1 atom stereocenters. The van der Waals surface area contributed by atoms with Gasteiger partial charge in [0.1, 0.15) is 12.4 Å². The summed E-state index contributed by atoms with van der Waals surface area (Å²) < 4.78 is 5.82. The van der Waals surface area contributed by atoms with Gasteiger partial charge in [-0.15, -0.1) is 0 Å². The monoisotopic (exact) mass is 262 g/mol. The lowest BCUT2D eigenvalue weighted by Gasteiger charge is -2.26. The maximum absolute atomic E-state index is 5.82. The molecule has 1 aromatic carbocycles. The number of ether oxygens (including phenoxy) is 1. The number of piperidine rings is 1. The number of benzene rings is 1. The van der Waals surface area contributed by atoms with Crippen LogP contribution in [0.4, 0.5) is 0 Å². The van der Waals surface area contributed by atoms with Crippen molar-refractivity contribution < 1.29 is 4.74 Å². The molecule has 3 heteroatoms. The van der Waals surface area contributed by atoms with Gasteiger partial charge in [-0.2, -0.15) is 0 Å². The van der Waals surface area contributed by atoms with Crippen LogP contribution in [0.25, 0.3) is 0 Å². The maximum Gasteiger partial charge on any atom is 0.119 e. The van der Waals surface area contributed by atoms with Crippen molar-refractivity contribution in [3.8, 4) is 5.75 Å². The molecule has 0 aliphatic carbocycles. The molecule has 1 N–H and O–H groups in total. The molecule has 1 aliphatic rings. The van der Waals surface area contributed by atoms with E-state index in [9.17, 15) is 0 Å². The Hall–Kier alpha value is -1.06. The van der Waals surface area contributed by atoms with E-state index in [4.69, 9.17) is 4.74 Å². The van der Waals surface area contributed by atoms with Gasteiger partial charge in [-0.3, -0.25) is 4.90 Å². The van der Waals surface area contributed by atoms with Gasteiger partial charge in [-0.25, -0.2) is 0 Å². The zero-order chi connectivity index (χ0) is 13.5. The summed E-state index contributed by atoms with van der Waals surface area (Å²) in [6.07, 6.45) is 4.08. The smallest absolute Gasteiger partial charge is 0.119 e. The predicted molar refractivity (Wildman–Crippen MR) is 79.7 cm³/mol. The quantitative estimate of drug-likeness (QED) is 0.853. The molecule has 1 unspecified atom stereocenters. The average molecular weight is 262 g/mol. The van der Waals surface area contributed by atoms with Crippen LogP contribution < -0.4 is 10.1 Å². The van der Waals surface area contributed by atoms with Gasteiger partial charge in [0.05, 0.1) is 0 Å². The first-order valence-electron chi connectivity index (χ1n) is 7.42. The molecule has 0 amide bonds. The van der Waals surface area contributed by atoms with Gasteiger partial charge < -0.3 is 10.1 Å². The number of likely N-dealkylation sites (tertiary alicyclic amines) is 1. The standard InChI is InChI=1S/C16H26N2O/c1-14(17-2)15-6-8-16(9-7-15)19-13-12-18-10-4-3-5-11-18/h6-9,14,17H,3-5,10-13H2,1-2H3. The van der Waals surface area contributed by atoms with Crippen molar-refractivity contribution in [2.45, 2.75) is 32.2 Å². The minimum Gasteiger partial charge on any atom is -0.492 e. The molecule has 3 nitrogen and oxygen atoms in total. The molecule has 0 saturated carbocycles. The van der Waals surface area contributed by atoms with Crippen LogP contribution >= 0.6 is 0 Å². The van der Waals surface area contributed by atoms with E-state index in [0.717, 1.165) is 18.9 Å². The second-order valence-corrected chi connectivity index (χ2v) is 5.33. The van der Waals surface area contributed by atoms with Crippen LogP contribution in [0.5, 0.6) is 5.75 Å². The molecule has 0 aromatic heterocycles. The van der Waals surface area contributed by atoms with Crippen LogP contribution in [0, 0.1) is 0 Å². The Kier molecular flexibility index (Phi) is 5.67. The molecule has 2 rings (SSSR count). The summed E-state index contributed by atoms with van der Waals surface area (Å²) >= 11 is 0. The van der Waals surface area contributed by atoms with E-state index in [1.807, 2.05) is 7.05 Å². The molecule has 1 saturated heterocycles. The molecule has 1 aliphatic heterocycles. The zero-order valence-corrected chi connectivity index (χ0v) is 12.2. The van der Waals surface area contributed by atoms with Gasteiger partial charge in [-0.1, -0.05) is 18.6 Å². The van der Waals surface area contributed by atoms with Crippen molar-refractivity contribution in [2.75, 3.05) is 33.3 Å². The van der Waals surface area contributed by atoms with Crippen LogP contribution in [-0.2, 0) is 0 Å². The second kappa shape index (κ2) is 7.51. The number of hydrogen-bond donors (Lipinski definition) is 1. The van der Waals surface area contributed by atoms with Crippen LogP contribution in [0.2, 0.25) is 0 Å². The highest BCUT2D eigenvalue weighted by Crippen LogP contribution is 2.17. The van der Waals surface area contributed by atoms with Crippen molar-refractivity contribution in [1.82, 2.24) is 10.2 Å². The Labute approximate surface area is 116 Å². The molecule has 1 fully saturated rings. The van der Waals surface area contributed by atoms with E-state index in [1.165, 1.54) is 37.9 Å². The fraction of sp³-hybridized carbons (Fsp3) is 0.625. The molecule has 0 radical (unpaired) electrons. The highest BCUT2D eigenvalue weighted by Gasteiger charge is 2.09. The Balaban J connectivity index is 1.73. The minimum absolute atomic E-state index is 0.391. The summed E-state index contributed by atoms with van der Waals surface area (Å²) in [5, 5.41) is 3.24. The number of hydrogen-bond acceptors (Lipinski definition) is 3. The molecule has 0 bridgehead atoms. The van der Waals surface area contributed by atoms with E-state index in [1.54, 1.807) is 0 Å². The largest absolute Gasteiger partial charge is 0.492 e. The van der Waals surface area contributed by atoms with Crippen molar-refractivity contribution in [3.63, 3.8) is 0 Å². The lowest BCUT2D eigenvalue weighted by Crippen LogP contribution is -2.33. The van der Waals surface area contributed by atoms with Crippen molar-refractivity contribution in [1.29, 1.82) is 0 Å². The third kappa shape index (κ3) is 4.51. The summed E-state index contributed by atoms with van der Waals surface area (Å²) in [7, 11) is 1.98. The second-order valence-electron chi connectivity index (χ2n) is 5.33. The van der Waals surface area contributed by atoms with E-state index in [2.05, 4.69) is 41.4 Å². The topological polar surface area (TPSA) is 24.5 Å². The Bertz CT molecular complexity index is 358. The molecular weight excluding hydrogens is 236 g/mol. The van der Waals surface area contributed by atoms with Crippen LogP contribution in [0.15, 0.2) is 24.3 Å². The fourth-order valence-electron chi connectivity index (χ4n) is 2.49. The summed E-state index contributed by atoms with van der Waals surface area (Å²) in [5.74, 6) is 0.976. The van der Waals surface area contributed by atoms with E-state index in [-0.39, 0.29) is 0 Å². The molecular formula is C16H26N2O. The van der Waals surface area contributed by atoms with Crippen LogP contribution in [-0.4, -0.2) is 38.2 Å². The molecule has 1 heterocycles. The third-order valence-corrected chi connectivity index (χ3v) is 3.94. The van der Waals surface area contributed by atoms with Gasteiger partial charge >= 0.3 is 0 Å². The van der Waals surface area contributed by atoms with E-state index >= 15 is 0 Å². The normalized spacial score (nSPS) is 18.2. The van der Waals surface area contributed by atoms with Crippen molar-refractivity contribution in [3.05, 3.63) is 29.8 Å². The summed E-state index contributed by atoms with van der Waals surface area (Å²) in [6, 6.07) is 8.80. The highest BCUT2D eigenvalue weighted by atomic mass is 16.5. The minimum atomic E-state index is 0.391. The third-order valence-electron chi connectivity index (χ3n) is 3.94. The Morgan fingerprint density at radius 3 is 2.47 bits per heavy atom. The van der Waals surface area contributed by atoms with Gasteiger partial charge in [0.2, 0.25) is 0 Å². The molecule has 106 valence electrons. The van der Waals surface area contributed by atoms with Crippen LogP contribution in [0.3, 0.4) is 0 Å². The fourth-order valence-corrected chi connectivity index (χ4v) is 2.49. The Morgan fingerprint density at radius 1 is 1.16 bits per heavy atom. The predicted octanol–water partition coefficient (Wildman–Crippen LogP) is 2.83. The Morgan fingerprint density at radius 2 is 1.84 bits per heavy atom. The molecule has 19 heavy (non-hydrogen) atoms. The first kappa shape index (κ1) is 14.4. The lowest BCUT2D eigenvalue weighted by atomic mass is 10.1. The lowest BCUT2D eigenvalue weighted by molar-refractivity contribution is 0.183. The number of nitrogens with one attached hydrogen (secondary N) is 1. The zero-order valence-electron chi connectivity index (χ0n) is 12.2. The molecule has 0 spiro atoms. The van der Waals surface area contributed by atoms with Gasteiger partial charge in [0, 0.05) is 12.6 Å². The SMILES string of the molecule is CNC(C)c1ccc(OCCN2CCCCC2)cc1. The first-order valence-corrected chi connectivity index (χ1v) is 7.42. The highest BCUT2D eigenvalue weighted by molar-refractivity contribution is 5.28. The van der Waals surface area contributed by atoms with Gasteiger partial charge in [0.25, 0.3) is 0 Å². The average Bonchev–Trinajstić information content (AvgIpc) is 2.48. The number of nitrogens with zero attached hydrogens (tertiary/aromatic N) is 1. The summed E-state index contributed by atoms with van der Waals surface area (Å²) in [4.78, 5) is 2.50. The van der Waals surface area contributed by atoms with Gasteiger partial charge in [-0.05, 0) is 57.6 Å². The van der Waals surface area contributed by atoms with E-state index < -0.39 is 0 Å². The maximum atomic E-state index is 5.82.